The number of carbonyl (C=O) groups excluding carboxylic acids is 1. The third-order valence-corrected chi connectivity index (χ3v) is 4.74. The van der Waals surface area contributed by atoms with Crippen LogP contribution in [0.5, 0.6) is 0 Å². The van der Waals surface area contributed by atoms with E-state index in [0.717, 1.165) is 43.2 Å². The predicted molar refractivity (Wildman–Crippen MR) is 77.7 cm³/mol. The summed E-state index contributed by atoms with van der Waals surface area (Å²) >= 11 is 1.63. The van der Waals surface area contributed by atoms with E-state index >= 15 is 0 Å². The molecule has 7 heteroatoms. The van der Waals surface area contributed by atoms with Gasteiger partial charge in [-0.3, -0.25) is 9.89 Å². The van der Waals surface area contributed by atoms with Crippen LogP contribution in [0.25, 0.3) is 0 Å². The number of ether oxygens (including phenoxy) is 1. The molecular weight excluding hydrogens is 276 g/mol. The summed E-state index contributed by atoms with van der Waals surface area (Å²) in [6.45, 7) is 4.80. The molecule has 0 aliphatic heterocycles. The Morgan fingerprint density at radius 2 is 2.45 bits per heavy atom. The number of esters is 1. The molecule has 2 unspecified atom stereocenters. The monoisotopic (exact) mass is 298 g/mol. The molecule has 0 radical (unpaired) electrons. The molecule has 20 heavy (non-hydrogen) atoms. The van der Waals surface area contributed by atoms with Gasteiger partial charge in [0.05, 0.1) is 7.11 Å². The highest BCUT2D eigenvalue weighted by Gasteiger charge is 2.46. The van der Waals surface area contributed by atoms with E-state index in [1.807, 2.05) is 6.92 Å². The van der Waals surface area contributed by atoms with E-state index in [1.54, 1.807) is 11.8 Å². The second kappa shape index (κ2) is 6.58. The molecule has 2 atom stereocenters. The van der Waals surface area contributed by atoms with Gasteiger partial charge in [0.2, 0.25) is 5.16 Å². The molecule has 0 bridgehead atoms. The fraction of sp³-hybridized carbons (Fsp3) is 0.769. The number of hydrogen-bond donors (Lipinski definition) is 2. The molecule has 1 aromatic rings. The summed E-state index contributed by atoms with van der Waals surface area (Å²) in [7, 11) is 1.46. The van der Waals surface area contributed by atoms with Crippen LogP contribution in [0.1, 0.15) is 38.4 Å². The van der Waals surface area contributed by atoms with E-state index in [4.69, 9.17) is 4.74 Å². The molecule has 112 valence electrons. The highest BCUT2D eigenvalue weighted by atomic mass is 32.2. The number of rotatable bonds is 6. The zero-order valence-corrected chi connectivity index (χ0v) is 13.0. The van der Waals surface area contributed by atoms with Crippen LogP contribution in [0, 0.1) is 6.92 Å². The minimum atomic E-state index is -0.534. The molecule has 1 aliphatic rings. The Hall–Kier alpha value is -1.08. The third-order valence-electron chi connectivity index (χ3n) is 3.61. The highest BCUT2D eigenvalue weighted by Crippen LogP contribution is 2.39. The highest BCUT2D eigenvalue weighted by molar-refractivity contribution is 7.99. The Kier molecular flexibility index (Phi) is 5.04. The van der Waals surface area contributed by atoms with Crippen LogP contribution in [0.15, 0.2) is 5.16 Å². The van der Waals surface area contributed by atoms with Crippen LogP contribution in [-0.4, -0.2) is 45.6 Å². The molecule has 0 aromatic carbocycles. The van der Waals surface area contributed by atoms with Crippen molar-refractivity contribution in [2.24, 2.45) is 0 Å². The molecule has 1 aliphatic carbocycles. The Bertz CT molecular complexity index is 465. The predicted octanol–water partition coefficient (Wildman–Crippen LogP) is 1.67. The second-order valence-corrected chi connectivity index (χ2v) is 6.45. The van der Waals surface area contributed by atoms with Gasteiger partial charge in [-0.15, -0.1) is 5.10 Å². The molecule has 1 heterocycles. The van der Waals surface area contributed by atoms with Gasteiger partial charge in [-0.1, -0.05) is 18.7 Å². The average Bonchev–Trinajstić information content (AvgIpc) is 3.04. The SMILES string of the molecule is CCCNC1(C(=O)OC)CCC(Sc2n[nH]c(C)n2)C1. The fourth-order valence-electron chi connectivity index (χ4n) is 2.60. The van der Waals surface area contributed by atoms with Gasteiger partial charge in [-0.2, -0.15) is 0 Å². The number of H-pyrrole nitrogens is 1. The smallest absolute Gasteiger partial charge is 0.326 e. The molecule has 0 spiro atoms. The summed E-state index contributed by atoms with van der Waals surface area (Å²) in [5.74, 6) is 0.661. The van der Waals surface area contributed by atoms with Crippen molar-refractivity contribution in [3.05, 3.63) is 5.82 Å². The first-order valence-electron chi connectivity index (χ1n) is 6.99. The van der Waals surface area contributed by atoms with Crippen LogP contribution >= 0.6 is 11.8 Å². The first kappa shape index (κ1) is 15.3. The van der Waals surface area contributed by atoms with Gasteiger partial charge in [0.25, 0.3) is 0 Å². The van der Waals surface area contributed by atoms with Crippen LogP contribution in [0.3, 0.4) is 0 Å². The van der Waals surface area contributed by atoms with E-state index in [2.05, 4.69) is 27.4 Å². The lowest BCUT2D eigenvalue weighted by atomic mass is 9.97. The summed E-state index contributed by atoms with van der Waals surface area (Å²) < 4.78 is 4.99. The van der Waals surface area contributed by atoms with Gasteiger partial charge >= 0.3 is 5.97 Å². The summed E-state index contributed by atoms with van der Waals surface area (Å²) in [6.07, 6.45) is 3.53. The normalized spacial score (nSPS) is 25.9. The van der Waals surface area contributed by atoms with Gasteiger partial charge in [-0.25, -0.2) is 4.98 Å². The number of hydrogen-bond acceptors (Lipinski definition) is 6. The third kappa shape index (κ3) is 3.32. The minimum Gasteiger partial charge on any atom is -0.468 e. The first-order chi connectivity index (χ1) is 9.59. The van der Waals surface area contributed by atoms with Gasteiger partial charge in [0.1, 0.15) is 11.4 Å². The van der Waals surface area contributed by atoms with E-state index in [1.165, 1.54) is 7.11 Å². The second-order valence-electron chi connectivity index (χ2n) is 5.19. The van der Waals surface area contributed by atoms with Crippen molar-refractivity contribution in [3.63, 3.8) is 0 Å². The lowest BCUT2D eigenvalue weighted by Gasteiger charge is -2.27. The largest absolute Gasteiger partial charge is 0.468 e. The number of aryl methyl sites for hydroxylation is 1. The van der Waals surface area contributed by atoms with Crippen molar-refractivity contribution in [1.82, 2.24) is 20.5 Å². The number of methoxy groups -OCH3 is 1. The van der Waals surface area contributed by atoms with Crippen molar-refractivity contribution in [3.8, 4) is 0 Å². The van der Waals surface area contributed by atoms with Gasteiger partial charge in [-0.05, 0) is 39.2 Å². The lowest BCUT2D eigenvalue weighted by Crippen LogP contribution is -2.51. The number of carbonyl (C=O) groups is 1. The van der Waals surface area contributed by atoms with Crippen LogP contribution < -0.4 is 5.32 Å². The topological polar surface area (TPSA) is 79.9 Å². The Morgan fingerprint density at radius 3 is 3.05 bits per heavy atom. The zero-order valence-electron chi connectivity index (χ0n) is 12.2. The molecule has 2 rings (SSSR count). The Morgan fingerprint density at radius 1 is 1.65 bits per heavy atom. The Labute approximate surface area is 123 Å². The molecule has 0 saturated heterocycles. The standard InChI is InChI=1S/C13H22N4O2S/c1-4-7-14-13(11(18)19-3)6-5-10(8-13)20-12-15-9(2)16-17-12/h10,14H,4-8H2,1-3H3,(H,15,16,17). The maximum Gasteiger partial charge on any atom is 0.326 e. The molecule has 6 nitrogen and oxygen atoms in total. The minimum absolute atomic E-state index is 0.153. The van der Waals surface area contributed by atoms with Crippen molar-refractivity contribution in [1.29, 1.82) is 0 Å². The van der Waals surface area contributed by atoms with Crippen LogP contribution in [-0.2, 0) is 9.53 Å². The van der Waals surface area contributed by atoms with Crippen molar-refractivity contribution < 1.29 is 9.53 Å². The number of aromatic amines is 1. The van der Waals surface area contributed by atoms with E-state index in [-0.39, 0.29) is 5.97 Å². The zero-order chi connectivity index (χ0) is 14.6. The van der Waals surface area contributed by atoms with Crippen molar-refractivity contribution >= 4 is 17.7 Å². The summed E-state index contributed by atoms with van der Waals surface area (Å²) in [5.41, 5.74) is -0.534. The number of aromatic nitrogens is 3. The van der Waals surface area contributed by atoms with Crippen LogP contribution in [0.4, 0.5) is 0 Å². The van der Waals surface area contributed by atoms with Crippen LogP contribution in [0.2, 0.25) is 0 Å². The molecule has 1 fully saturated rings. The van der Waals surface area contributed by atoms with E-state index < -0.39 is 5.54 Å². The van der Waals surface area contributed by atoms with E-state index in [9.17, 15) is 4.79 Å². The van der Waals surface area contributed by atoms with Crippen molar-refractivity contribution in [2.75, 3.05) is 13.7 Å². The van der Waals surface area contributed by atoms with Gasteiger partial charge in [0, 0.05) is 5.25 Å². The molecule has 1 saturated carbocycles. The number of nitrogens with zero attached hydrogens (tertiary/aromatic N) is 2. The molecule has 0 amide bonds. The first-order valence-corrected chi connectivity index (χ1v) is 7.86. The maximum absolute atomic E-state index is 12.1. The fourth-order valence-corrected chi connectivity index (χ4v) is 3.79. The number of nitrogens with one attached hydrogen (secondary N) is 2. The van der Waals surface area contributed by atoms with E-state index in [0.29, 0.717) is 5.25 Å². The molecule has 2 N–H and O–H groups in total. The molecule has 1 aromatic heterocycles. The Balaban J connectivity index is 2.01. The summed E-state index contributed by atoms with van der Waals surface area (Å²) in [4.78, 5) is 16.4. The van der Waals surface area contributed by atoms with Crippen molar-refractivity contribution in [2.45, 2.75) is 55.5 Å². The lowest BCUT2D eigenvalue weighted by molar-refractivity contribution is -0.148. The molecular formula is C13H22N4O2S. The van der Waals surface area contributed by atoms with Gasteiger partial charge < -0.3 is 10.1 Å². The van der Waals surface area contributed by atoms with Gasteiger partial charge in [0.15, 0.2) is 0 Å². The summed E-state index contributed by atoms with van der Waals surface area (Å²) in [6, 6.07) is 0. The quantitative estimate of drug-likeness (QED) is 0.778. The summed E-state index contributed by atoms with van der Waals surface area (Å²) in [5, 5.41) is 11.5. The number of thioether (sulfide) groups is 1. The average molecular weight is 298 g/mol. The maximum atomic E-state index is 12.1.